The van der Waals surface area contributed by atoms with E-state index in [1.807, 2.05) is 36.5 Å². The molecular formula is C24H25F3N2O2. The lowest BCUT2D eigenvalue weighted by Crippen LogP contribution is -2.31. The number of aromatic nitrogens is 1. The molecule has 7 heteroatoms. The summed E-state index contributed by atoms with van der Waals surface area (Å²) in [5.74, 6) is 1.37. The molecule has 0 N–H and O–H groups in total. The van der Waals surface area contributed by atoms with Crippen molar-refractivity contribution in [2.45, 2.75) is 31.7 Å². The van der Waals surface area contributed by atoms with Gasteiger partial charge in [0.2, 0.25) is 0 Å². The Hall–Kier alpha value is -2.93. The van der Waals surface area contributed by atoms with E-state index < -0.39 is 17.8 Å². The number of halogens is 3. The van der Waals surface area contributed by atoms with Crippen LogP contribution in [0.25, 0.3) is 0 Å². The third-order valence-electron chi connectivity index (χ3n) is 5.78. The molecule has 4 nitrogen and oxygen atoms in total. The number of hydrogen-bond donors (Lipinski definition) is 0. The molecule has 0 bridgehead atoms. The summed E-state index contributed by atoms with van der Waals surface area (Å²) in [6, 6.07) is 14.7. The molecule has 1 aromatic heterocycles. The fourth-order valence-corrected chi connectivity index (χ4v) is 4.38. The highest BCUT2D eigenvalue weighted by Gasteiger charge is 2.38. The van der Waals surface area contributed by atoms with Crippen LogP contribution in [-0.2, 0) is 19.3 Å². The SMILES string of the molecule is COc1ccc(OC)c(CN2CCCn3cccc3C2c2ccccc2C(F)(F)F)c1. The topological polar surface area (TPSA) is 26.6 Å². The molecule has 0 amide bonds. The van der Waals surface area contributed by atoms with E-state index in [2.05, 4.69) is 9.47 Å². The fourth-order valence-electron chi connectivity index (χ4n) is 4.38. The quantitative estimate of drug-likeness (QED) is 0.533. The lowest BCUT2D eigenvalue weighted by molar-refractivity contribution is -0.138. The van der Waals surface area contributed by atoms with Gasteiger partial charge in [0, 0.05) is 37.1 Å². The minimum atomic E-state index is -4.43. The Morgan fingerprint density at radius 1 is 0.968 bits per heavy atom. The normalized spacial score (nSPS) is 17.1. The number of hydrogen-bond acceptors (Lipinski definition) is 3. The van der Waals surface area contributed by atoms with E-state index >= 15 is 0 Å². The summed E-state index contributed by atoms with van der Waals surface area (Å²) in [6.07, 6.45) is -1.66. The summed E-state index contributed by atoms with van der Waals surface area (Å²) in [7, 11) is 3.18. The van der Waals surface area contributed by atoms with E-state index in [1.54, 1.807) is 26.4 Å². The lowest BCUT2D eigenvalue weighted by Gasteiger charge is -2.32. The third-order valence-corrected chi connectivity index (χ3v) is 5.78. The number of aryl methyl sites for hydroxylation is 1. The van der Waals surface area contributed by atoms with Crippen molar-refractivity contribution in [2.75, 3.05) is 20.8 Å². The van der Waals surface area contributed by atoms with E-state index in [0.717, 1.165) is 30.3 Å². The van der Waals surface area contributed by atoms with Gasteiger partial charge in [0.05, 0.1) is 25.8 Å². The molecule has 3 aromatic rings. The number of benzene rings is 2. The van der Waals surface area contributed by atoms with E-state index in [0.29, 0.717) is 24.6 Å². The van der Waals surface area contributed by atoms with Crippen molar-refractivity contribution in [2.24, 2.45) is 0 Å². The number of alkyl halides is 3. The molecule has 1 aliphatic heterocycles. The Kier molecular flexibility index (Phi) is 5.96. The zero-order valence-corrected chi connectivity index (χ0v) is 17.5. The predicted octanol–water partition coefficient (Wildman–Crippen LogP) is 5.52. The monoisotopic (exact) mass is 430 g/mol. The van der Waals surface area contributed by atoms with Gasteiger partial charge in [0.15, 0.2) is 0 Å². The molecule has 1 aliphatic rings. The van der Waals surface area contributed by atoms with Crippen LogP contribution < -0.4 is 9.47 Å². The van der Waals surface area contributed by atoms with Gasteiger partial charge in [0.25, 0.3) is 0 Å². The molecule has 31 heavy (non-hydrogen) atoms. The average molecular weight is 430 g/mol. The zero-order valence-electron chi connectivity index (χ0n) is 17.5. The fraction of sp³-hybridized carbons (Fsp3) is 0.333. The van der Waals surface area contributed by atoms with Gasteiger partial charge in [0.1, 0.15) is 11.5 Å². The Morgan fingerprint density at radius 3 is 2.52 bits per heavy atom. The van der Waals surface area contributed by atoms with Crippen LogP contribution in [0, 0.1) is 0 Å². The van der Waals surface area contributed by atoms with Crippen LogP contribution in [0.1, 0.15) is 34.8 Å². The highest BCUT2D eigenvalue weighted by molar-refractivity contribution is 5.42. The maximum Gasteiger partial charge on any atom is 0.416 e. The van der Waals surface area contributed by atoms with Crippen molar-refractivity contribution in [3.05, 3.63) is 83.2 Å². The maximum absolute atomic E-state index is 13.9. The van der Waals surface area contributed by atoms with Crippen LogP contribution in [0.5, 0.6) is 11.5 Å². The molecule has 4 rings (SSSR count). The first kappa shape index (κ1) is 21.3. The predicted molar refractivity (Wildman–Crippen MR) is 112 cm³/mol. The van der Waals surface area contributed by atoms with E-state index in [-0.39, 0.29) is 5.56 Å². The van der Waals surface area contributed by atoms with Gasteiger partial charge in [-0.25, -0.2) is 0 Å². The molecule has 0 aliphatic carbocycles. The van der Waals surface area contributed by atoms with E-state index in [4.69, 9.17) is 9.47 Å². The van der Waals surface area contributed by atoms with E-state index in [1.165, 1.54) is 6.07 Å². The summed E-state index contributed by atoms with van der Waals surface area (Å²) in [5.41, 5.74) is 1.39. The van der Waals surface area contributed by atoms with Gasteiger partial charge in [-0.05, 0) is 48.4 Å². The Balaban J connectivity index is 1.83. The van der Waals surface area contributed by atoms with Crippen molar-refractivity contribution in [3.63, 3.8) is 0 Å². The Bertz CT molecular complexity index is 1050. The van der Waals surface area contributed by atoms with Gasteiger partial charge >= 0.3 is 6.18 Å². The number of rotatable bonds is 5. The second kappa shape index (κ2) is 8.67. The third kappa shape index (κ3) is 4.28. The van der Waals surface area contributed by atoms with Crippen LogP contribution in [0.2, 0.25) is 0 Å². The molecule has 0 saturated carbocycles. The Labute approximate surface area is 179 Å². The molecule has 1 unspecified atom stereocenters. The molecule has 164 valence electrons. The number of methoxy groups -OCH3 is 2. The molecule has 0 fully saturated rings. The molecule has 1 atom stereocenters. The Morgan fingerprint density at radius 2 is 1.77 bits per heavy atom. The number of ether oxygens (including phenoxy) is 2. The molecule has 0 radical (unpaired) electrons. The summed E-state index contributed by atoms with van der Waals surface area (Å²) in [4.78, 5) is 2.10. The van der Waals surface area contributed by atoms with Crippen LogP contribution >= 0.6 is 0 Å². The van der Waals surface area contributed by atoms with Crippen LogP contribution in [-0.4, -0.2) is 30.2 Å². The molecule has 2 heterocycles. The van der Waals surface area contributed by atoms with Gasteiger partial charge < -0.3 is 14.0 Å². The van der Waals surface area contributed by atoms with Gasteiger partial charge in [-0.2, -0.15) is 13.2 Å². The lowest BCUT2D eigenvalue weighted by atomic mass is 9.95. The van der Waals surface area contributed by atoms with Crippen molar-refractivity contribution in [3.8, 4) is 11.5 Å². The molecule has 0 spiro atoms. The van der Waals surface area contributed by atoms with Crippen LogP contribution in [0.15, 0.2) is 60.8 Å². The van der Waals surface area contributed by atoms with Crippen molar-refractivity contribution in [1.29, 1.82) is 0 Å². The van der Waals surface area contributed by atoms with Crippen molar-refractivity contribution < 1.29 is 22.6 Å². The molecule has 0 saturated heterocycles. The summed E-state index contributed by atoms with van der Waals surface area (Å²) >= 11 is 0. The zero-order chi connectivity index (χ0) is 22.0. The van der Waals surface area contributed by atoms with Crippen molar-refractivity contribution >= 4 is 0 Å². The first-order valence-electron chi connectivity index (χ1n) is 10.2. The number of nitrogens with zero attached hydrogens (tertiary/aromatic N) is 2. The van der Waals surface area contributed by atoms with Crippen LogP contribution in [0.3, 0.4) is 0 Å². The van der Waals surface area contributed by atoms with Gasteiger partial charge in [-0.15, -0.1) is 0 Å². The molecule has 2 aromatic carbocycles. The van der Waals surface area contributed by atoms with Crippen LogP contribution in [0.4, 0.5) is 13.2 Å². The van der Waals surface area contributed by atoms with E-state index in [9.17, 15) is 13.2 Å². The number of fused-ring (bicyclic) bond motifs is 1. The highest BCUT2D eigenvalue weighted by Crippen LogP contribution is 2.41. The average Bonchev–Trinajstić information content (AvgIpc) is 3.14. The second-order valence-corrected chi connectivity index (χ2v) is 7.62. The first-order chi connectivity index (χ1) is 14.9. The summed E-state index contributed by atoms with van der Waals surface area (Å²) in [6.45, 7) is 1.85. The summed E-state index contributed by atoms with van der Waals surface area (Å²) < 4.78 is 54.7. The smallest absolute Gasteiger partial charge is 0.416 e. The first-order valence-corrected chi connectivity index (χ1v) is 10.2. The largest absolute Gasteiger partial charge is 0.497 e. The minimum Gasteiger partial charge on any atom is -0.497 e. The minimum absolute atomic E-state index is 0.263. The highest BCUT2D eigenvalue weighted by atomic mass is 19.4. The standard InChI is InChI=1S/C24H25F3N2O2/c1-30-18-10-11-22(31-2)17(15-18)16-29-14-6-13-28-12-5-9-21(28)23(29)19-7-3-4-8-20(19)24(25,26)27/h3-5,7-12,15,23H,6,13-14,16H2,1-2H3. The van der Waals surface area contributed by atoms with Gasteiger partial charge in [-0.1, -0.05) is 18.2 Å². The van der Waals surface area contributed by atoms with Gasteiger partial charge in [-0.3, -0.25) is 4.90 Å². The summed E-state index contributed by atoms with van der Waals surface area (Å²) in [5, 5.41) is 0. The molecular weight excluding hydrogens is 405 g/mol. The van der Waals surface area contributed by atoms with Crippen molar-refractivity contribution in [1.82, 2.24) is 9.47 Å². The second-order valence-electron chi connectivity index (χ2n) is 7.62. The maximum atomic E-state index is 13.9.